The average Bonchev–Trinajstić information content (AvgIpc) is 3.35. The lowest BCUT2D eigenvalue weighted by Crippen LogP contribution is -2.14. The molecule has 136 valence electrons. The molecule has 0 fully saturated rings. The summed E-state index contributed by atoms with van der Waals surface area (Å²) in [4.78, 5) is 21.7. The monoisotopic (exact) mass is 361 g/mol. The summed E-state index contributed by atoms with van der Waals surface area (Å²) < 4.78 is 3.83. The molecule has 0 unspecified atom stereocenters. The number of amides is 1. The number of fused-ring (bicyclic) bond motifs is 1. The number of pyridine rings is 1. The maximum absolute atomic E-state index is 12.6. The Labute approximate surface area is 155 Å². The fourth-order valence-corrected chi connectivity index (χ4v) is 3.09. The molecule has 8 heteroatoms. The fraction of sp³-hybridized carbons (Fsp3) is 0.211. The van der Waals surface area contributed by atoms with Crippen LogP contribution in [-0.2, 0) is 13.0 Å². The largest absolute Gasteiger partial charge is 0.328 e. The van der Waals surface area contributed by atoms with Crippen LogP contribution >= 0.6 is 0 Å². The van der Waals surface area contributed by atoms with Gasteiger partial charge in [0.1, 0.15) is 30.0 Å². The highest BCUT2D eigenvalue weighted by molar-refractivity contribution is 6.03. The SMILES string of the molecule is CCc1nc2cc(NC(=O)c3cccc(-n4cnnc4)n3)ccc2n1CC. The van der Waals surface area contributed by atoms with Gasteiger partial charge in [-0.2, -0.15) is 0 Å². The van der Waals surface area contributed by atoms with Gasteiger partial charge in [-0.3, -0.25) is 9.36 Å². The van der Waals surface area contributed by atoms with E-state index in [4.69, 9.17) is 0 Å². The minimum Gasteiger partial charge on any atom is -0.328 e. The van der Waals surface area contributed by atoms with Gasteiger partial charge in [0, 0.05) is 18.7 Å². The Bertz CT molecular complexity index is 1100. The van der Waals surface area contributed by atoms with Crippen molar-refractivity contribution in [2.45, 2.75) is 26.8 Å². The summed E-state index contributed by atoms with van der Waals surface area (Å²) in [6.45, 7) is 5.06. The van der Waals surface area contributed by atoms with Gasteiger partial charge in [0.2, 0.25) is 0 Å². The molecular formula is C19H19N7O. The standard InChI is InChI=1S/C19H19N7O/c1-3-17-24-15-10-13(8-9-16(15)26(17)4-2)22-19(27)14-6-5-7-18(23-14)25-11-20-21-12-25/h5-12H,3-4H2,1-2H3,(H,22,27). The van der Waals surface area contributed by atoms with Crippen molar-refractivity contribution in [3.05, 3.63) is 60.6 Å². The van der Waals surface area contributed by atoms with E-state index in [2.05, 4.69) is 43.9 Å². The van der Waals surface area contributed by atoms with Crippen LogP contribution in [0, 0.1) is 0 Å². The summed E-state index contributed by atoms with van der Waals surface area (Å²) in [6.07, 6.45) is 3.94. The number of benzene rings is 1. The van der Waals surface area contributed by atoms with Gasteiger partial charge >= 0.3 is 0 Å². The Morgan fingerprint density at radius 1 is 1.07 bits per heavy atom. The van der Waals surface area contributed by atoms with Gasteiger partial charge < -0.3 is 9.88 Å². The number of aryl methyl sites for hydroxylation is 2. The Kier molecular flexibility index (Phi) is 4.37. The van der Waals surface area contributed by atoms with E-state index in [0.29, 0.717) is 17.2 Å². The Hall–Kier alpha value is -3.55. The second-order valence-electron chi connectivity index (χ2n) is 6.03. The van der Waals surface area contributed by atoms with Gasteiger partial charge in [0.25, 0.3) is 5.91 Å². The van der Waals surface area contributed by atoms with Crippen molar-refractivity contribution in [3.8, 4) is 5.82 Å². The molecule has 0 aliphatic carbocycles. The van der Waals surface area contributed by atoms with Crippen molar-refractivity contribution in [3.63, 3.8) is 0 Å². The van der Waals surface area contributed by atoms with Gasteiger partial charge in [-0.05, 0) is 37.3 Å². The zero-order valence-electron chi connectivity index (χ0n) is 15.1. The molecule has 0 spiro atoms. The molecule has 0 saturated carbocycles. The van der Waals surface area contributed by atoms with Crippen LogP contribution in [0.3, 0.4) is 0 Å². The lowest BCUT2D eigenvalue weighted by molar-refractivity contribution is 0.102. The topological polar surface area (TPSA) is 90.5 Å². The van der Waals surface area contributed by atoms with Gasteiger partial charge in [-0.1, -0.05) is 13.0 Å². The molecule has 0 aliphatic rings. The highest BCUT2D eigenvalue weighted by Crippen LogP contribution is 2.21. The van der Waals surface area contributed by atoms with E-state index in [9.17, 15) is 4.79 Å². The molecule has 4 aromatic rings. The molecule has 1 N–H and O–H groups in total. The minimum absolute atomic E-state index is 0.282. The van der Waals surface area contributed by atoms with E-state index in [0.717, 1.165) is 29.8 Å². The maximum atomic E-state index is 12.6. The first-order chi connectivity index (χ1) is 13.2. The average molecular weight is 361 g/mol. The molecule has 3 heterocycles. The molecule has 8 nitrogen and oxygen atoms in total. The number of rotatable bonds is 5. The number of hydrogen-bond donors (Lipinski definition) is 1. The molecule has 0 bridgehead atoms. The van der Waals surface area contributed by atoms with Crippen LogP contribution in [0.25, 0.3) is 16.9 Å². The summed E-state index contributed by atoms with van der Waals surface area (Å²) in [7, 11) is 0. The van der Waals surface area contributed by atoms with Crippen LogP contribution in [0.2, 0.25) is 0 Å². The Morgan fingerprint density at radius 3 is 2.63 bits per heavy atom. The van der Waals surface area contributed by atoms with Crippen LogP contribution in [0.5, 0.6) is 0 Å². The molecule has 0 aliphatic heterocycles. The van der Waals surface area contributed by atoms with Crippen LogP contribution < -0.4 is 5.32 Å². The zero-order chi connectivity index (χ0) is 18.8. The number of nitrogens with one attached hydrogen (secondary N) is 1. The lowest BCUT2D eigenvalue weighted by Gasteiger charge is -2.07. The van der Waals surface area contributed by atoms with E-state index in [-0.39, 0.29) is 5.91 Å². The second kappa shape index (κ2) is 6.99. The lowest BCUT2D eigenvalue weighted by atomic mass is 10.2. The third-order valence-electron chi connectivity index (χ3n) is 4.37. The number of anilines is 1. The van der Waals surface area contributed by atoms with Crippen LogP contribution in [0.15, 0.2) is 49.1 Å². The first-order valence-electron chi connectivity index (χ1n) is 8.82. The quantitative estimate of drug-likeness (QED) is 0.590. The van der Waals surface area contributed by atoms with Crippen LogP contribution in [0.1, 0.15) is 30.2 Å². The molecule has 1 amide bonds. The number of carbonyl (C=O) groups is 1. The van der Waals surface area contributed by atoms with Crippen LogP contribution in [-0.4, -0.2) is 35.2 Å². The number of hydrogen-bond acceptors (Lipinski definition) is 5. The second-order valence-corrected chi connectivity index (χ2v) is 6.03. The summed E-state index contributed by atoms with van der Waals surface area (Å²) in [6, 6.07) is 11.0. The highest BCUT2D eigenvalue weighted by Gasteiger charge is 2.12. The highest BCUT2D eigenvalue weighted by atomic mass is 16.1. The van der Waals surface area contributed by atoms with Crippen molar-refractivity contribution < 1.29 is 4.79 Å². The summed E-state index contributed by atoms with van der Waals surface area (Å²) in [5.74, 6) is 1.34. The van der Waals surface area contributed by atoms with Gasteiger partial charge in [0.15, 0.2) is 0 Å². The number of aromatic nitrogens is 6. The third-order valence-corrected chi connectivity index (χ3v) is 4.37. The van der Waals surface area contributed by atoms with Gasteiger partial charge in [-0.15, -0.1) is 10.2 Å². The van der Waals surface area contributed by atoms with Crippen molar-refractivity contribution in [1.82, 2.24) is 29.3 Å². The van der Waals surface area contributed by atoms with Crippen molar-refractivity contribution >= 4 is 22.6 Å². The molecule has 0 radical (unpaired) electrons. The molecule has 0 atom stereocenters. The van der Waals surface area contributed by atoms with Gasteiger partial charge in [0.05, 0.1) is 11.0 Å². The molecule has 4 rings (SSSR count). The van der Waals surface area contributed by atoms with E-state index in [1.165, 1.54) is 12.7 Å². The minimum atomic E-state index is -0.282. The molecule has 3 aromatic heterocycles. The molecular weight excluding hydrogens is 342 g/mol. The van der Waals surface area contributed by atoms with Gasteiger partial charge in [-0.25, -0.2) is 9.97 Å². The van der Waals surface area contributed by atoms with Crippen molar-refractivity contribution in [2.24, 2.45) is 0 Å². The number of nitrogens with zero attached hydrogens (tertiary/aromatic N) is 6. The third kappa shape index (κ3) is 3.17. The predicted octanol–water partition coefficient (Wildman–Crippen LogP) is 2.85. The Morgan fingerprint density at radius 2 is 1.89 bits per heavy atom. The number of carbonyl (C=O) groups excluding carboxylic acids is 1. The smallest absolute Gasteiger partial charge is 0.274 e. The fourth-order valence-electron chi connectivity index (χ4n) is 3.09. The maximum Gasteiger partial charge on any atom is 0.274 e. The summed E-state index contributed by atoms with van der Waals surface area (Å²) in [5.41, 5.74) is 2.94. The Balaban J connectivity index is 1.60. The molecule has 27 heavy (non-hydrogen) atoms. The van der Waals surface area contributed by atoms with Crippen molar-refractivity contribution in [1.29, 1.82) is 0 Å². The van der Waals surface area contributed by atoms with Crippen LogP contribution in [0.4, 0.5) is 5.69 Å². The predicted molar refractivity (Wildman–Crippen MR) is 102 cm³/mol. The normalized spacial score (nSPS) is 11.0. The summed E-state index contributed by atoms with van der Waals surface area (Å²) >= 11 is 0. The van der Waals surface area contributed by atoms with E-state index >= 15 is 0 Å². The van der Waals surface area contributed by atoms with E-state index < -0.39 is 0 Å². The van der Waals surface area contributed by atoms with E-state index in [1.54, 1.807) is 22.8 Å². The number of imidazole rings is 1. The zero-order valence-corrected chi connectivity index (χ0v) is 15.1. The molecule has 1 aromatic carbocycles. The van der Waals surface area contributed by atoms with E-state index in [1.807, 2.05) is 18.2 Å². The first-order valence-corrected chi connectivity index (χ1v) is 8.82. The van der Waals surface area contributed by atoms with Crippen molar-refractivity contribution in [2.75, 3.05) is 5.32 Å². The first kappa shape index (κ1) is 16.9. The summed E-state index contributed by atoms with van der Waals surface area (Å²) in [5, 5.41) is 10.4. The molecule has 0 saturated heterocycles.